The van der Waals surface area contributed by atoms with Gasteiger partial charge in [0.2, 0.25) is 0 Å². The van der Waals surface area contributed by atoms with E-state index >= 15 is 0 Å². The molecule has 0 bridgehead atoms. The van der Waals surface area contributed by atoms with E-state index in [2.05, 4.69) is 6.92 Å². The third kappa shape index (κ3) is 2.76. The van der Waals surface area contributed by atoms with Crippen molar-refractivity contribution in [2.24, 2.45) is 0 Å². The number of rotatable bonds is 4. The fourth-order valence-corrected chi connectivity index (χ4v) is 1.37. The Morgan fingerprint density at radius 3 is 2.71 bits per heavy atom. The van der Waals surface area contributed by atoms with E-state index < -0.39 is 5.97 Å². The molecule has 0 aliphatic heterocycles. The number of hydrogen-bond acceptors (Lipinski definition) is 2. The Morgan fingerprint density at radius 1 is 1.43 bits per heavy atom. The second-order valence-electron chi connectivity index (χ2n) is 3.37. The van der Waals surface area contributed by atoms with Gasteiger partial charge in [-0.25, -0.2) is 4.79 Å². The van der Waals surface area contributed by atoms with E-state index in [0.29, 0.717) is 5.69 Å². The lowest BCUT2D eigenvalue weighted by Gasteiger charge is -2.03. The monoisotopic (exact) mass is 193 g/mol. The topological polar surface area (TPSA) is 63.3 Å². The van der Waals surface area contributed by atoms with Crippen LogP contribution in [-0.4, -0.2) is 11.1 Å². The first-order valence-electron chi connectivity index (χ1n) is 4.76. The Balaban J connectivity index is 2.89. The van der Waals surface area contributed by atoms with Gasteiger partial charge in [-0.2, -0.15) is 0 Å². The molecule has 0 radical (unpaired) electrons. The zero-order chi connectivity index (χ0) is 10.6. The Labute approximate surface area is 83.6 Å². The predicted molar refractivity (Wildman–Crippen MR) is 56.4 cm³/mol. The molecule has 3 heteroatoms. The van der Waals surface area contributed by atoms with Crippen molar-refractivity contribution in [3.8, 4) is 0 Å². The predicted octanol–water partition coefficient (Wildman–Crippen LogP) is 2.31. The normalized spacial score (nSPS) is 10.1. The maximum Gasteiger partial charge on any atom is 0.335 e. The van der Waals surface area contributed by atoms with Gasteiger partial charge in [0.1, 0.15) is 0 Å². The highest BCUT2D eigenvalue weighted by molar-refractivity contribution is 5.89. The summed E-state index contributed by atoms with van der Waals surface area (Å²) in [6, 6.07) is 5.01. The van der Waals surface area contributed by atoms with Crippen molar-refractivity contribution in [3.05, 3.63) is 29.3 Å². The Morgan fingerprint density at radius 2 is 2.14 bits per heavy atom. The van der Waals surface area contributed by atoms with Crippen LogP contribution in [0.3, 0.4) is 0 Å². The van der Waals surface area contributed by atoms with Gasteiger partial charge in [-0.15, -0.1) is 0 Å². The standard InChI is InChI=1S/C11H15NO2/c1-2-3-4-8-5-9(11(13)14)7-10(12)6-8/h5-7H,2-4,12H2,1H3,(H,13,14). The molecular formula is C11H15NO2. The molecule has 3 N–H and O–H groups in total. The zero-order valence-electron chi connectivity index (χ0n) is 8.29. The molecule has 0 fully saturated rings. The van der Waals surface area contributed by atoms with Crippen molar-refractivity contribution < 1.29 is 9.90 Å². The summed E-state index contributed by atoms with van der Waals surface area (Å²) in [5, 5.41) is 8.80. The minimum Gasteiger partial charge on any atom is -0.478 e. The van der Waals surface area contributed by atoms with E-state index in [-0.39, 0.29) is 5.56 Å². The van der Waals surface area contributed by atoms with E-state index in [1.807, 2.05) is 6.07 Å². The summed E-state index contributed by atoms with van der Waals surface area (Å²) in [7, 11) is 0. The Kier molecular flexibility index (Phi) is 3.51. The lowest BCUT2D eigenvalue weighted by molar-refractivity contribution is 0.0697. The van der Waals surface area contributed by atoms with Gasteiger partial charge in [-0.1, -0.05) is 13.3 Å². The van der Waals surface area contributed by atoms with Crippen LogP contribution in [0, 0.1) is 0 Å². The van der Waals surface area contributed by atoms with E-state index in [4.69, 9.17) is 10.8 Å². The molecule has 0 aromatic heterocycles. The van der Waals surface area contributed by atoms with Crippen LogP contribution >= 0.6 is 0 Å². The largest absolute Gasteiger partial charge is 0.478 e. The molecule has 0 atom stereocenters. The average Bonchev–Trinajstić information content (AvgIpc) is 2.14. The number of carboxylic acids is 1. The van der Waals surface area contributed by atoms with Crippen molar-refractivity contribution in [2.45, 2.75) is 26.2 Å². The van der Waals surface area contributed by atoms with Gasteiger partial charge in [-0.05, 0) is 36.6 Å². The fourth-order valence-electron chi connectivity index (χ4n) is 1.37. The number of carboxylic acid groups (broad SMARTS) is 1. The van der Waals surface area contributed by atoms with Gasteiger partial charge in [0.15, 0.2) is 0 Å². The SMILES string of the molecule is CCCCc1cc(N)cc(C(=O)O)c1. The van der Waals surface area contributed by atoms with Crippen molar-refractivity contribution >= 4 is 11.7 Å². The van der Waals surface area contributed by atoms with E-state index in [0.717, 1.165) is 24.8 Å². The van der Waals surface area contributed by atoms with Crippen LogP contribution in [0.2, 0.25) is 0 Å². The Hall–Kier alpha value is -1.51. The number of nitrogen functional groups attached to an aromatic ring is 1. The molecule has 0 saturated heterocycles. The maximum atomic E-state index is 10.7. The average molecular weight is 193 g/mol. The third-order valence-electron chi connectivity index (χ3n) is 2.08. The molecule has 0 amide bonds. The first-order chi connectivity index (χ1) is 6.63. The number of benzene rings is 1. The van der Waals surface area contributed by atoms with Crippen LogP contribution in [0.15, 0.2) is 18.2 Å². The molecular weight excluding hydrogens is 178 g/mol. The van der Waals surface area contributed by atoms with E-state index in [9.17, 15) is 4.79 Å². The number of anilines is 1. The molecule has 0 unspecified atom stereocenters. The summed E-state index contributed by atoms with van der Waals surface area (Å²) in [5.74, 6) is -0.921. The van der Waals surface area contributed by atoms with Crippen LogP contribution in [0.4, 0.5) is 5.69 Å². The molecule has 0 spiro atoms. The zero-order valence-corrected chi connectivity index (χ0v) is 8.29. The van der Waals surface area contributed by atoms with Gasteiger partial charge < -0.3 is 10.8 Å². The van der Waals surface area contributed by atoms with Gasteiger partial charge in [0.05, 0.1) is 5.56 Å². The summed E-state index contributed by atoms with van der Waals surface area (Å²) in [6.45, 7) is 2.10. The van der Waals surface area contributed by atoms with Crippen LogP contribution < -0.4 is 5.73 Å². The second kappa shape index (κ2) is 4.65. The first-order valence-corrected chi connectivity index (χ1v) is 4.76. The highest BCUT2D eigenvalue weighted by Gasteiger charge is 2.05. The minimum atomic E-state index is -0.921. The van der Waals surface area contributed by atoms with Gasteiger partial charge in [0, 0.05) is 5.69 Å². The number of hydrogen-bond donors (Lipinski definition) is 2. The summed E-state index contributed by atoms with van der Waals surface area (Å²) in [5.41, 5.74) is 7.41. The molecule has 3 nitrogen and oxygen atoms in total. The van der Waals surface area contributed by atoms with Crippen molar-refractivity contribution in [1.29, 1.82) is 0 Å². The summed E-state index contributed by atoms with van der Waals surface area (Å²) in [6.07, 6.45) is 3.04. The van der Waals surface area contributed by atoms with Gasteiger partial charge in [0.25, 0.3) is 0 Å². The van der Waals surface area contributed by atoms with E-state index in [1.54, 1.807) is 6.07 Å². The number of carbonyl (C=O) groups is 1. The molecule has 76 valence electrons. The molecule has 1 rings (SSSR count). The van der Waals surface area contributed by atoms with Crippen molar-refractivity contribution in [1.82, 2.24) is 0 Å². The highest BCUT2D eigenvalue weighted by atomic mass is 16.4. The maximum absolute atomic E-state index is 10.7. The smallest absolute Gasteiger partial charge is 0.335 e. The molecule has 0 aliphatic rings. The van der Waals surface area contributed by atoms with Crippen molar-refractivity contribution in [2.75, 3.05) is 5.73 Å². The number of aromatic carboxylic acids is 1. The summed E-state index contributed by atoms with van der Waals surface area (Å²) >= 11 is 0. The van der Waals surface area contributed by atoms with Gasteiger partial charge in [-0.3, -0.25) is 0 Å². The van der Waals surface area contributed by atoms with Crippen LogP contribution in [-0.2, 0) is 6.42 Å². The minimum absolute atomic E-state index is 0.274. The van der Waals surface area contributed by atoms with Crippen LogP contribution in [0.25, 0.3) is 0 Å². The lowest BCUT2D eigenvalue weighted by Crippen LogP contribution is -2.00. The molecule has 0 saturated carbocycles. The number of nitrogens with two attached hydrogens (primary N) is 1. The highest BCUT2D eigenvalue weighted by Crippen LogP contribution is 2.14. The quantitative estimate of drug-likeness (QED) is 0.721. The molecule has 1 aromatic carbocycles. The Bertz CT molecular complexity index is 334. The number of unbranched alkanes of at least 4 members (excludes halogenated alkanes) is 1. The fraction of sp³-hybridized carbons (Fsp3) is 0.364. The van der Waals surface area contributed by atoms with Crippen molar-refractivity contribution in [3.63, 3.8) is 0 Å². The molecule has 1 aromatic rings. The van der Waals surface area contributed by atoms with Crippen LogP contribution in [0.5, 0.6) is 0 Å². The second-order valence-corrected chi connectivity index (χ2v) is 3.37. The first kappa shape index (κ1) is 10.6. The number of aryl methyl sites for hydroxylation is 1. The molecule has 0 aliphatic carbocycles. The lowest BCUT2D eigenvalue weighted by atomic mass is 10.0. The van der Waals surface area contributed by atoms with E-state index in [1.165, 1.54) is 6.07 Å². The summed E-state index contributed by atoms with van der Waals surface area (Å²) < 4.78 is 0. The van der Waals surface area contributed by atoms with Crippen LogP contribution in [0.1, 0.15) is 35.7 Å². The summed E-state index contributed by atoms with van der Waals surface area (Å²) in [4.78, 5) is 10.7. The molecule has 0 heterocycles. The van der Waals surface area contributed by atoms with Gasteiger partial charge >= 0.3 is 5.97 Å². The third-order valence-corrected chi connectivity index (χ3v) is 2.08. The molecule has 14 heavy (non-hydrogen) atoms.